The van der Waals surface area contributed by atoms with Crippen LogP contribution in [0.4, 0.5) is 5.69 Å². The summed E-state index contributed by atoms with van der Waals surface area (Å²) < 4.78 is 10.2. The van der Waals surface area contributed by atoms with Gasteiger partial charge in [-0.15, -0.1) is 0 Å². The van der Waals surface area contributed by atoms with Crippen LogP contribution in [0.3, 0.4) is 0 Å². The highest BCUT2D eigenvalue weighted by Gasteiger charge is 2.29. The Morgan fingerprint density at radius 1 is 1.00 bits per heavy atom. The maximum Gasteiger partial charge on any atom is 0.337 e. The molecule has 6 heteroatoms. The molecule has 0 bridgehead atoms. The fourth-order valence-electron chi connectivity index (χ4n) is 6.24. The van der Waals surface area contributed by atoms with Gasteiger partial charge >= 0.3 is 5.97 Å². The maximum absolute atomic E-state index is 13.1. The first-order valence-corrected chi connectivity index (χ1v) is 14.2. The van der Waals surface area contributed by atoms with Crippen molar-refractivity contribution in [3.8, 4) is 5.75 Å². The van der Waals surface area contributed by atoms with Gasteiger partial charge in [0.25, 0.3) is 5.91 Å². The van der Waals surface area contributed by atoms with Gasteiger partial charge in [-0.05, 0) is 79.0 Å². The minimum Gasteiger partial charge on any atom is -0.495 e. The Morgan fingerprint density at radius 3 is 2.60 bits per heavy atom. The van der Waals surface area contributed by atoms with E-state index in [1.165, 1.54) is 49.8 Å². The molecule has 0 heterocycles. The van der Waals surface area contributed by atoms with Crippen LogP contribution in [0.15, 0.2) is 84.5 Å². The first-order chi connectivity index (χ1) is 19.5. The number of ether oxygens (including phenoxy) is 2. The van der Waals surface area contributed by atoms with Crippen LogP contribution in [0.25, 0.3) is 10.8 Å². The van der Waals surface area contributed by atoms with Crippen molar-refractivity contribution < 1.29 is 19.1 Å². The quantitative estimate of drug-likeness (QED) is 0.303. The smallest absolute Gasteiger partial charge is 0.337 e. The van der Waals surface area contributed by atoms with Gasteiger partial charge in [-0.25, -0.2) is 4.79 Å². The number of carbonyl (C=O) groups is 2. The zero-order valence-electron chi connectivity index (χ0n) is 23.5. The lowest BCUT2D eigenvalue weighted by Gasteiger charge is -2.36. The van der Waals surface area contributed by atoms with Gasteiger partial charge in [-0.3, -0.25) is 4.79 Å². The Hall–Kier alpha value is -3.90. The van der Waals surface area contributed by atoms with Crippen LogP contribution in [-0.2, 0) is 9.53 Å². The van der Waals surface area contributed by atoms with Crippen molar-refractivity contribution in [2.45, 2.75) is 51.1 Å². The molecule has 0 aromatic heterocycles. The summed E-state index contributed by atoms with van der Waals surface area (Å²) >= 11 is 0. The monoisotopic (exact) mass is 538 g/mol. The van der Waals surface area contributed by atoms with Gasteiger partial charge in [0, 0.05) is 17.7 Å². The summed E-state index contributed by atoms with van der Waals surface area (Å²) in [6.45, 7) is 2.27. The molecule has 2 N–H and O–H groups in total. The number of rotatable bonds is 8. The average molecular weight is 539 g/mol. The molecule has 1 amide bonds. The molecule has 6 nitrogen and oxygen atoms in total. The van der Waals surface area contributed by atoms with Gasteiger partial charge in [0.1, 0.15) is 5.75 Å². The number of esters is 1. The standard InChI is InChI=1S/C34H38N2O4/c1-22(29-13-7-9-24-8-4-5-12-30(24)29)35-28-11-6-10-26(20-28)23-14-16-25(17-15-23)33(37)36-31-21-27(34(38)40-3)18-19-32(31)39-2/h4-5,7-9,12-14,16-19,21-23,26,28,35H,6,10-11,15,20H2,1-3H3,(H,36,37)/t22?,23?,26-,28-/m0/s1. The number of methoxy groups -OCH3 is 2. The molecule has 2 aliphatic rings. The lowest BCUT2D eigenvalue weighted by Crippen LogP contribution is -2.37. The average Bonchev–Trinajstić information content (AvgIpc) is 3.00. The lowest BCUT2D eigenvalue weighted by atomic mass is 9.74. The molecule has 3 aromatic rings. The van der Waals surface area contributed by atoms with E-state index < -0.39 is 5.97 Å². The Bertz CT molecular complexity index is 1440. The molecule has 0 aliphatic heterocycles. The SMILES string of the molecule is COC(=O)c1ccc(OC)c(NC(=O)C2=CCC([C@H]3CCC[C@H](NC(C)c4cccc5ccccc45)C3)C=C2)c1. The zero-order valence-corrected chi connectivity index (χ0v) is 23.5. The van der Waals surface area contributed by atoms with Crippen LogP contribution in [0.5, 0.6) is 5.75 Å². The molecule has 1 fully saturated rings. The number of hydrogen-bond donors (Lipinski definition) is 2. The summed E-state index contributed by atoms with van der Waals surface area (Å²) in [5.41, 5.74) is 2.76. The van der Waals surface area contributed by atoms with Crippen LogP contribution >= 0.6 is 0 Å². The second kappa shape index (κ2) is 12.5. The topological polar surface area (TPSA) is 76.7 Å². The maximum atomic E-state index is 13.1. The van der Waals surface area contributed by atoms with Gasteiger partial charge in [0.2, 0.25) is 0 Å². The van der Waals surface area contributed by atoms with E-state index in [0.717, 1.165) is 12.8 Å². The highest BCUT2D eigenvalue weighted by Crippen LogP contribution is 2.36. The third kappa shape index (κ3) is 6.13. The summed E-state index contributed by atoms with van der Waals surface area (Å²) in [6, 6.07) is 20.8. The molecule has 3 aromatic carbocycles. The van der Waals surface area contributed by atoms with Gasteiger partial charge in [-0.2, -0.15) is 0 Å². The van der Waals surface area contributed by atoms with Crippen LogP contribution in [0.2, 0.25) is 0 Å². The van der Waals surface area contributed by atoms with E-state index in [0.29, 0.717) is 40.5 Å². The van der Waals surface area contributed by atoms with Crippen molar-refractivity contribution in [2.75, 3.05) is 19.5 Å². The van der Waals surface area contributed by atoms with Crippen LogP contribution in [0.1, 0.15) is 61.0 Å². The molecule has 2 aliphatic carbocycles. The first-order valence-electron chi connectivity index (χ1n) is 14.2. The summed E-state index contributed by atoms with van der Waals surface area (Å²) in [7, 11) is 2.86. The van der Waals surface area contributed by atoms with E-state index in [1.54, 1.807) is 18.2 Å². The molecule has 5 rings (SSSR count). The largest absolute Gasteiger partial charge is 0.495 e. The number of fused-ring (bicyclic) bond motifs is 1. The number of amides is 1. The Balaban J connectivity index is 1.19. The number of carbonyl (C=O) groups excluding carboxylic acids is 2. The minimum atomic E-state index is -0.468. The summed E-state index contributed by atoms with van der Waals surface area (Å²) in [4.78, 5) is 25.0. The Morgan fingerprint density at radius 2 is 1.82 bits per heavy atom. The van der Waals surface area contributed by atoms with E-state index >= 15 is 0 Å². The van der Waals surface area contributed by atoms with Crippen LogP contribution in [-0.4, -0.2) is 32.1 Å². The third-order valence-corrected chi connectivity index (χ3v) is 8.36. The predicted molar refractivity (Wildman–Crippen MR) is 160 cm³/mol. The normalized spacial score (nSPS) is 21.4. The first kappa shape index (κ1) is 27.7. The molecule has 4 atom stereocenters. The molecule has 0 radical (unpaired) electrons. The minimum absolute atomic E-state index is 0.220. The van der Waals surface area contributed by atoms with E-state index in [2.05, 4.69) is 66.1 Å². The number of nitrogens with one attached hydrogen (secondary N) is 2. The summed E-state index contributed by atoms with van der Waals surface area (Å²) in [5, 5.41) is 9.43. The van der Waals surface area contributed by atoms with Gasteiger partial charge in [0.05, 0.1) is 25.5 Å². The molecule has 1 saturated carbocycles. The Kier molecular flexibility index (Phi) is 8.66. The highest BCUT2D eigenvalue weighted by atomic mass is 16.5. The fourth-order valence-corrected chi connectivity index (χ4v) is 6.24. The highest BCUT2D eigenvalue weighted by molar-refractivity contribution is 6.07. The molecule has 40 heavy (non-hydrogen) atoms. The van der Waals surface area contributed by atoms with Crippen molar-refractivity contribution in [2.24, 2.45) is 11.8 Å². The number of allylic oxidation sites excluding steroid dienone is 2. The number of benzene rings is 3. The van der Waals surface area contributed by atoms with Crippen molar-refractivity contribution in [3.05, 3.63) is 95.6 Å². The van der Waals surface area contributed by atoms with Crippen LogP contribution < -0.4 is 15.4 Å². The fraction of sp³-hybridized carbons (Fsp3) is 0.353. The van der Waals surface area contributed by atoms with Crippen LogP contribution in [0, 0.1) is 11.8 Å². The number of hydrogen-bond acceptors (Lipinski definition) is 5. The molecule has 0 saturated heterocycles. The van der Waals surface area contributed by atoms with Gasteiger partial charge in [-0.1, -0.05) is 67.1 Å². The molecular weight excluding hydrogens is 500 g/mol. The van der Waals surface area contributed by atoms with Crippen molar-refractivity contribution >= 4 is 28.3 Å². The summed E-state index contributed by atoms with van der Waals surface area (Å²) in [6.07, 6.45) is 11.8. The lowest BCUT2D eigenvalue weighted by molar-refractivity contribution is -0.112. The second-order valence-corrected chi connectivity index (χ2v) is 10.9. The van der Waals surface area contributed by atoms with E-state index in [1.807, 2.05) is 12.2 Å². The molecule has 208 valence electrons. The summed E-state index contributed by atoms with van der Waals surface area (Å²) in [5.74, 6) is 0.801. The number of anilines is 1. The van der Waals surface area contributed by atoms with Crippen molar-refractivity contribution in [1.29, 1.82) is 0 Å². The third-order valence-electron chi connectivity index (χ3n) is 8.36. The Labute approximate surface area is 236 Å². The predicted octanol–water partition coefficient (Wildman–Crippen LogP) is 6.99. The van der Waals surface area contributed by atoms with E-state index in [-0.39, 0.29) is 11.9 Å². The van der Waals surface area contributed by atoms with Gasteiger partial charge < -0.3 is 20.1 Å². The van der Waals surface area contributed by atoms with E-state index in [9.17, 15) is 9.59 Å². The molecule has 0 spiro atoms. The van der Waals surface area contributed by atoms with Crippen molar-refractivity contribution in [3.63, 3.8) is 0 Å². The van der Waals surface area contributed by atoms with Crippen molar-refractivity contribution in [1.82, 2.24) is 5.32 Å². The van der Waals surface area contributed by atoms with Gasteiger partial charge in [0.15, 0.2) is 0 Å². The molecule has 2 unspecified atom stereocenters. The molecular formula is C34H38N2O4. The zero-order chi connectivity index (χ0) is 28.1. The second-order valence-electron chi connectivity index (χ2n) is 10.9. The van der Waals surface area contributed by atoms with E-state index in [4.69, 9.17) is 9.47 Å².